The highest BCUT2D eigenvalue weighted by Crippen LogP contribution is 2.21. The molecule has 0 fully saturated rings. The molecule has 0 aliphatic carbocycles. The molecule has 6 heteroatoms. The van der Waals surface area contributed by atoms with E-state index in [2.05, 4.69) is 42.5 Å². The molecule has 0 aliphatic heterocycles. The Morgan fingerprint density at radius 1 is 1.28 bits per heavy atom. The van der Waals surface area contributed by atoms with Gasteiger partial charge in [-0.2, -0.15) is 0 Å². The van der Waals surface area contributed by atoms with Gasteiger partial charge in [-0.3, -0.25) is 0 Å². The molecule has 1 heterocycles. The van der Waals surface area contributed by atoms with Crippen molar-refractivity contribution in [1.82, 2.24) is 14.8 Å². The van der Waals surface area contributed by atoms with E-state index in [1.165, 1.54) is 0 Å². The van der Waals surface area contributed by atoms with E-state index >= 15 is 0 Å². The monoisotopic (exact) mass is 272 g/mol. The van der Waals surface area contributed by atoms with Crippen LogP contribution in [0.15, 0.2) is 5.16 Å². The van der Waals surface area contributed by atoms with Gasteiger partial charge in [0.2, 0.25) is 0 Å². The van der Waals surface area contributed by atoms with Crippen molar-refractivity contribution in [3.05, 3.63) is 5.82 Å². The van der Waals surface area contributed by atoms with Gasteiger partial charge in [0.15, 0.2) is 5.16 Å². The third-order valence-electron chi connectivity index (χ3n) is 2.34. The third kappa shape index (κ3) is 4.59. The van der Waals surface area contributed by atoms with Crippen molar-refractivity contribution in [2.75, 3.05) is 19.0 Å². The van der Waals surface area contributed by atoms with Crippen LogP contribution in [0.1, 0.15) is 39.6 Å². The number of hydrogen-bond donors (Lipinski definition) is 1. The van der Waals surface area contributed by atoms with E-state index < -0.39 is 0 Å². The lowest BCUT2D eigenvalue weighted by atomic mass is 10.2. The average molecular weight is 272 g/mol. The SMILES string of the molecule is CC(C)COCCSc1nnc(CN)n1C(C)C. The predicted octanol–water partition coefficient (Wildman–Crippen LogP) is 2.08. The zero-order valence-corrected chi connectivity index (χ0v) is 12.5. The van der Waals surface area contributed by atoms with Gasteiger partial charge in [0.1, 0.15) is 5.82 Å². The molecule has 2 N–H and O–H groups in total. The molecule has 1 rings (SSSR count). The number of rotatable bonds is 8. The number of nitrogens with two attached hydrogens (primary N) is 1. The Balaban J connectivity index is 2.44. The number of nitrogens with zero attached hydrogens (tertiary/aromatic N) is 3. The average Bonchev–Trinajstić information content (AvgIpc) is 2.71. The lowest BCUT2D eigenvalue weighted by Crippen LogP contribution is -2.12. The molecule has 0 saturated heterocycles. The Morgan fingerprint density at radius 2 is 2.00 bits per heavy atom. The summed E-state index contributed by atoms with van der Waals surface area (Å²) in [6.07, 6.45) is 0. The standard InChI is InChI=1S/C12H24N4OS/c1-9(2)8-17-5-6-18-12-15-14-11(7-13)16(12)10(3)4/h9-10H,5-8,13H2,1-4H3. The molecule has 0 saturated carbocycles. The van der Waals surface area contributed by atoms with Crippen LogP contribution in [0, 0.1) is 5.92 Å². The van der Waals surface area contributed by atoms with Crippen LogP contribution in [0.25, 0.3) is 0 Å². The summed E-state index contributed by atoms with van der Waals surface area (Å²) < 4.78 is 7.64. The summed E-state index contributed by atoms with van der Waals surface area (Å²) in [5.74, 6) is 2.32. The summed E-state index contributed by atoms with van der Waals surface area (Å²) >= 11 is 1.67. The fourth-order valence-corrected chi connectivity index (χ4v) is 2.51. The van der Waals surface area contributed by atoms with E-state index in [4.69, 9.17) is 10.5 Å². The highest BCUT2D eigenvalue weighted by atomic mass is 32.2. The minimum absolute atomic E-state index is 0.331. The summed E-state index contributed by atoms with van der Waals surface area (Å²) in [7, 11) is 0. The van der Waals surface area contributed by atoms with Crippen LogP contribution in [0.4, 0.5) is 0 Å². The van der Waals surface area contributed by atoms with E-state index in [9.17, 15) is 0 Å². The zero-order chi connectivity index (χ0) is 13.5. The van der Waals surface area contributed by atoms with E-state index in [-0.39, 0.29) is 0 Å². The van der Waals surface area contributed by atoms with Crippen molar-refractivity contribution in [2.24, 2.45) is 11.7 Å². The summed E-state index contributed by atoms with van der Waals surface area (Å²) in [6, 6.07) is 0.331. The molecule has 0 aromatic carbocycles. The molecular weight excluding hydrogens is 248 g/mol. The van der Waals surface area contributed by atoms with Crippen LogP contribution in [0.2, 0.25) is 0 Å². The van der Waals surface area contributed by atoms with Gasteiger partial charge < -0.3 is 15.0 Å². The predicted molar refractivity (Wildman–Crippen MR) is 74.7 cm³/mol. The number of hydrogen-bond acceptors (Lipinski definition) is 5. The van der Waals surface area contributed by atoms with Gasteiger partial charge in [-0.05, 0) is 19.8 Å². The van der Waals surface area contributed by atoms with Gasteiger partial charge in [0.05, 0.1) is 13.2 Å². The maximum Gasteiger partial charge on any atom is 0.191 e. The second kappa shape index (κ2) is 7.76. The fourth-order valence-electron chi connectivity index (χ4n) is 1.57. The largest absolute Gasteiger partial charge is 0.380 e. The molecule has 0 unspecified atom stereocenters. The van der Waals surface area contributed by atoms with E-state index in [0.717, 1.165) is 29.9 Å². The molecule has 0 spiro atoms. The van der Waals surface area contributed by atoms with Crippen LogP contribution in [0.3, 0.4) is 0 Å². The number of ether oxygens (including phenoxy) is 1. The first-order valence-electron chi connectivity index (χ1n) is 6.40. The van der Waals surface area contributed by atoms with Gasteiger partial charge in [-0.1, -0.05) is 25.6 Å². The molecule has 5 nitrogen and oxygen atoms in total. The van der Waals surface area contributed by atoms with E-state index in [0.29, 0.717) is 18.5 Å². The molecule has 0 bridgehead atoms. The molecule has 0 aliphatic rings. The van der Waals surface area contributed by atoms with Gasteiger partial charge in [-0.25, -0.2) is 0 Å². The van der Waals surface area contributed by atoms with Gasteiger partial charge in [0.25, 0.3) is 0 Å². The van der Waals surface area contributed by atoms with Crippen molar-refractivity contribution >= 4 is 11.8 Å². The quantitative estimate of drug-likeness (QED) is 0.580. The van der Waals surface area contributed by atoms with Crippen molar-refractivity contribution in [2.45, 2.75) is 45.4 Å². The summed E-state index contributed by atoms with van der Waals surface area (Å²) in [5.41, 5.74) is 5.65. The van der Waals surface area contributed by atoms with Crippen molar-refractivity contribution in [3.8, 4) is 0 Å². The number of thioether (sulfide) groups is 1. The maximum atomic E-state index is 5.65. The van der Waals surface area contributed by atoms with Crippen molar-refractivity contribution < 1.29 is 4.74 Å². The molecule has 18 heavy (non-hydrogen) atoms. The van der Waals surface area contributed by atoms with E-state index in [1.807, 2.05) is 0 Å². The normalized spacial score (nSPS) is 11.7. The number of aromatic nitrogens is 3. The maximum absolute atomic E-state index is 5.65. The van der Waals surface area contributed by atoms with Crippen molar-refractivity contribution in [3.63, 3.8) is 0 Å². The van der Waals surface area contributed by atoms with Crippen LogP contribution in [-0.4, -0.2) is 33.7 Å². The van der Waals surface area contributed by atoms with Crippen LogP contribution in [0.5, 0.6) is 0 Å². The topological polar surface area (TPSA) is 66.0 Å². The molecular formula is C12H24N4OS. The molecule has 0 radical (unpaired) electrons. The highest BCUT2D eigenvalue weighted by Gasteiger charge is 2.13. The van der Waals surface area contributed by atoms with Crippen LogP contribution >= 0.6 is 11.8 Å². The van der Waals surface area contributed by atoms with Gasteiger partial charge in [-0.15, -0.1) is 10.2 Å². The smallest absolute Gasteiger partial charge is 0.191 e. The van der Waals surface area contributed by atoms with Gasteiger partial charge >= 0.3 is 0 Å². The summed E-state index contributed by atoms with van der Waals surface area (Å²) in [6.45, 7) is 10.5. The Bertz CT molecular complexity index is 352. The second-order valence-corrected chi connectivity index (χ2v) is 5.95. The van der Waals surface area contributed by atoms with Crippen LogP contribution in [-0.2, 0) is 11.3 Å². The first kappa shape index (κ1) is 15.5. The lowest BCUT2D eigenvalue weighted by molar-refractivity contribution is 0.124. The lowest BCUT2D eigenvalue weighted by Gasteiger charge is -2.12. The molecule has 104 valence electrons. The zero-order valence-electron chi connectivity index (χ0n) is 11.7. The van der Waals surface area contributed by atoms with Crippen LogP contribution < -0.4 is 5.73 Å². The second-order valence-electron chi connectivity index (χ2n) is 4.88. The third-order valence-corrected chi connectivity index (χ3v) is 3.25. The summed E-state index contributed by atoms with van der Waals surface area (Å²) in [4.78, 5) is 0. The Labute approximate surface area is 113 Å². The molecule has 1 aromatic rings. The Hall–Kier alpha value is -0.590. The molecule has 0 amide bonds. The first-order chi connectivity index (χ1) is 8.56. The first-order valence-corrected chi connectivity index (χ1v) is 7.39. The molecule has 1 aromatic heterocycles. The fraction of sp³-hybridized carbons (Fsp3) is 0.833. The Morgan fingerprint density at radius 3 is 2.56 bits per heavy atom. The minimum Gasteiger partial charge on any atom is -0.380 e. The van der Waals surface area contributed by atoms with Gasteiger partial charge in [0, 0.05) is 18.4 Å². The minimum atomic E-state index is 0.331. The van der Waals surface area contributed by atoms with Crippen molar-refractivity contribution in [1.29, 1.82) is 0 Å². The molecule has 0 atom stereocenters. The Kier molecular flexibility index (Phi) is 6.67. The highest BCUT2D eigenvalue weighted by molar-refractivity contribution is 7.99. The van der Waals surface area contributed by atoms with E-state index in [1.54, 1.807) is 11.8 Å². The summed E-state index contributed by atoms with van der Waals surface area (Å²) in [5, 5.41) is 9.22.